The number of rotatable bonds is 4. The molecule has 4 aromatic heterocycles. The smallest absolute Gasteiger partial charge is 0.274 e. The van der Waals surface area contributed by atoms with Crippen molar-refractivity contribution in [3.8, 4) is 11.4 Å². The van der Waals surface area contributed by atoms with Crippen LogP contribution in [0.15, 0.2) is 72.2 Å². The number of hydrogen-bond acceptors (Lipinski definition) is 8. The fourth-order valence-corrected chi connectivity index (χ4v) is 3.73. The molecule has 1 aliphatic rings. The SMILES string of the molecule is O=C(c1cnccn1)N1C[C@@H](c2cccnc2)[C@H](c2nc(-c3ccncc3)no2)C1. The van der Waals surface area contributed by atoms with Crippen molar-refractivity contribution in [2.24, 2.45) is 0 Å². The number of pyridine rings is 2. The highest BCUT2D eigenvalue weighted by Gasteiger charge is 2.41. The van der Waals surface area contributed by atoms with Gasteiger partial charge in [0.25, 0.3) is 5.91 Å². The normalized spacial score (nSPS) is 18.5. The summed E-state index contributed by atoms with van der Waals surface area (Å²) in [5.74, 6) is 0.637. The Hall–Kier alpha value is -4.01. The molecule has 0 unspecified atom stereocenters. The number of carbonyl (C=O) groups excluding carboxylic acids is 1. The molecule has 2 atom stereocenters. The van der Waals surface area contributed by atoms with E-state index in [2.05, 4.69) is 30.1 Å². The Morgan fingerprint density at radius 3 is 2.53 bits per heavy atom. The molecule has 0 N–H and O–H groups in total. The molecular weight excluding hydrogens is 382 g/mol. The Kier molecular flexibility index (Phi) is 4.68. The number of amides is 1. The second-order valence-electron chi connectivity index (χ2n) is 6.99. The quantitative estimate of drug-likeness (QED) is 0.514. The predicted octanol–water partition coefficient (Wildman–Crippen LogP) is 2.34. The summed E-state index contributed by atoms with van der Waals surface area (Å²) < 4.78 is 5.62. The van der Waals surface area contributed by atoms with E-state index in [0.29, 0.717) is 30.5 Å². The van der Waals surface area contributed by atoms with Crippen LogP contribution in [0.4, 0.5) is 0 Å². The Morgan fingerprint density at radius 2 is 1.77 bits per heavy atom. The summed E-state index contributed by atoms with van der Waals surface area (Å²) in [5, 5.41) is 4.13. The van der Waals surface area contributed by atoms with Crippen LogP contribution in [0.25, 0.3) is 11.4 Å². The zero-order chi connectivity index (χ0) is 20.3. The molecule has 0 bridgehead atoms. The molecule has 1 amide bonds. The molecule has 0 aromatic carbocycles. The summed E-state index contributed by atoms with van der Waals surface area (Å²) in [4.78, 5) is 35.7. The molecule has 0 saturated carbocycles. The van der Waals surface area contributed by atoms with Gasteiger partial charge in [0, 0.05) is 61.8 Å². The molecule has 1 saturated heterocycles. The van der Waals surface area contributed by atoms with E-state index in [1.165, 1.54) is 12.4 Å². The number of aromatic nitrogens is 6. The van der Waals surface area contributed by atoms with E-state index < -0.39 is 0 Å². The molecule has 5 heterocycles. The first kappa shape index (κ1) is 18.0. The van der Waals surface area contributed by atoms with Gasteiger partial charge in [-0.15, -0.1) is 0 Å². The van der Waals surface area contributed by atoms with Gasteiger partial charge in [-0.3, -0.25) is 19.7 Å². The third kappa shape index (κ3) is 3.41. The summed E-state index contributed by atoms with van der Waals surface area (Å²) in [6.07, 6.45) is 11.4. The van der Waals surface area contributed by atoms with E-state index in [1.54, 1.807) is 29.7 Å². The Balaban J connectivity index is 1.47. The standard InChI is InChI=1S/C21H17N7O2/c29-21(18-11-24-8-9-25-18)28-12-16(15-2-1-5-23-10-15)17(13-28)20-26-19(27-30-20)14-3-6-22-7-4-14/h1-11,16-17H,12-13H2/t16-,17+/m0/s1. The molecule has 0 aliphatic carbocycles. The first-order valence-electron chi connectivity index (χ1n) is 9.49. The van der Waals surface area contributed by atoms with E-state index in [9.17, 15) is 4.79 Å². The van der Waals surface area contributed by atoms with Crippen LogP contribution in [0.2, 0.25) is 0 Å². The summed E-state index contributed by atoms with van der Waals surface area (Å²) in [6.45, 7) is 0.936. The zero-order valence-corrected chi connectivity index (χ0v) is 15.9. The van der Waals surface area contributed by atoms with Gasteiger partial charge in [0.15, 0.2) is 0 Å². The van der Waals surface area contributed by atoms with E-state index in [1.807, 2.05) is 30.5 Å². The lowest BCUT2D eigenvalue weighted by atomic mass is 9.90. The van der Waals surface area contributed by atoms with Crippen LogP contribution < -0.4 is 0 Å². The van der Waals surface area contributed by atoms with Crippen molar-refractivity contribution in [1.29, 1.82) is 0 Å². The van der Waals surface area contributed by atoms with Crippen LogP contribution in [0.1, 0.15) is 33.8 Å². The molecule has 1 fully saturated rings. The number of nitrogens with zero attached hydrogens (tertiary/aromatic N) is 7. The van der Waals surface area contributed by atoms with Crippen molar-refractivity contribution in [2.75, 3.05) is 13.1 Å². The van der Waals surface area contributed by atoms with Crippen molar-refractivity contribution in [2.45, 2.75) is 11.8 Å². The minimum absolute atomic E-state index is 0.0231. The largest absolute Gasteiger partial charge is 0.339 e. The van der Waals surface area contributed by atoms with Crippen LogP contribution in [-0.2, 0) is 0 Å². The zero-order valence-electron chi connectivity index (χ0n) is 15.9. The summed E-state index contributed by atoms with van der Waals surface area (Å²) in [7, 11) is 0. The molecule has 30 heavy (non-hydrogen) atoms. The van der Waals surface area contributed by atoms with Crippen molar-refractivity contribution in [1.82, 2.24) is 35.0 Å². The van der Waals surface area contributed by atoms with Gasteiger partial charge in [-0.1, -0.05) is 11.2 Å². The third-order valence-corrected chi connectivity index (χ3v) is 5.20. The maximum Gasteiger partial charge on any atom is 0.274 e. The molecular formula is C21H17N7O2. The van der Waals surface area contributed by atoms with Crippen LogP contribution >= 0.6 is 0 Å². The molecule has 0 radical (unpaired) electrons. The van der Waals surface area contributed by atoms with Gasteiger partial charge in [0.05, 0.1) is 12.1 Å². The van der Waals surface area contributed by atoms with Gasteiger partial charge in [0.1, 0.15) is 5.69 Å². The van der Waals surface area contributed by atoms with E-state index in [-0.39, 0.29) is 17.7 Å². The monoisotopic (exact) mass is 399 g/mol. The van der Waals surface area contributed by atoms with Gasteiger partial charge < -0.3 is 9.42 Å². The molecule has 0 spiro atoms. The second-order valence-corrected chi connectivity index (χ2v) is 6.99. The Labute approximate surface area is 171 Å². The topological polar surface area (TPSA) is 111 Å². The highest BCUT2D eigenvalue weighted by molar-refractivity contribution is 5.92. The Morgan fingerprint density at radius 1 is 0.933 bits per heavy atom. The van der Waals surface area contributed by atoms with E-state index in [4.69, 9.17) is 4.52 Å². The minimum Gasteiger partial charge on any atom is -0.339 e. The van der Waals surface area contributed by atoms with Crippen LogP contribution in [0, 0.1) is 0 Å². The van der Waals surface area contributed by atoms with Gasteiger partial charge in [0.2, 0.25) is 11.7 Å². The first-order chi connectivity index (χ1) is 14.8. The van der Waals surface area contributed by atoms with Crippen molar-refractivity contribution >= 4 is 5.91 Å². The minimum atomic E-state index is -0.173. The average Bonchev–Trinajstić information content (AvgIpc) is 3.48. The molecule has 9 nitrogen and oxygen atoms in total. The molecule has 148 valence electrons. The van der Waals surface area contributed by atoms with Crippen molar-refractivity contribution in [3.05, 3.63) is 84.8 Å². The van der Waals surface area contributed by atoms with Crippen LogP contribution in [0.3, 0.4) is 0 Å². The maximum atomic E-state index is 13.0. The maximum absolute atomic E-state index is 13.0. The molecule has 9 heteroatoms. The third-order valence-electron chi connectivity index (χ3n) is 5.20. The lowest BCUT2D eigenvalue weighted by Gasteiger charge is -2.15. The second kappa shape index (κ2) is 7.78. The van der Waals surface area contributed by atoms with Gasteiger partial charge >= 0.3 is 0 Å². The number of carbonyl (C=O) groups is 1. The Bertz CT molecular complexity index is 1140. The average molecular weight is 399 g/mol. The first-order valence-corrected chi connectivity index (χ1v) is 9.49. The lowest BCUT2D eigenvalue weighted by molar-refractivity contribution is 0.0782. The molecule has 5 rings (SSSR count). The van der Waals surface area contributed by atoms with Crippen LogP contribution in [0.5, 0.6) is 0 Å². The predicted molar refractivity (Wildman–Crippen MR) is 105 cm³/mol. The number of likely N-dealkylation sites (tertiary alicyclic amines) is 1. The highest BCUT2D eigenvalue weighted by Crippen LogP contribution is 2.39. The molecule has 4 aromatic rings. The van der Waals surface area contributed by atoms with E-state index >= 15 is 0 Å². The summed E-state index contributed by atoms with van der Waals surface area (Å²) >= 11 is 0. The van der Waals surface area contributed by atoms with Gasteiger partial charge in [-0.2, -0.15) is 4.98 Å². The van der Waals surface area contributed by atoms with Crippen molar-refractivity contribution < 1.29 is 9.32 Å². The highest BCUT2D eigenvalue weighted by atomic mass is 16.5. The van der Waals surface area contributed by atoms with Crippen molar-refractivity contribution in [3.63, 3.8) is 0 Å². The fraction of sp³-hybridized carbons (Fsp3) is 0.190. The lowest BCUT2D eigenvalue weighted by Crippen LogP contribution is -2.29. The summed E-state index contributed by atoms with van der Waals surface area (Å²) in [6, 6.07) is 7.54. The van der Waals surface area contributed by atoms with E-state index in [0.717, 1.165) is 11.1 Å². The fourth-order valence-electron chi connectivity index (χ4n) is 3.73. The number of hydrogen-bond donors (Lipinski definition) is 0. The van der Waals surface area contributed by atoms with Crippen LogP contribution in [-0.4, -0.2) is 54.0 Å². The van der Waals surface area contributed by atoms with Gasteiger partial charge in [-0.25, -0.2) is 4.98 Å². The summed E-state index contributed by atoms with van der Waals surface area (Å²) in [5.41, 5.74) is 2.15. The van der Waals surface area contributed by atoms with Gasteiger partial charge in [-0.05, 0) is 23.8 Å². The molecule has 1 aliphatic heterocycles.